The van der Waals surface area contributed by atoms with Crippen molar-refractivity contribution in [3.8, 4) is 0 Å². The van der Waals surface area contributed by atoms with Crippen LogP contribution in [0.4, 0.5) is 0 Å². The van der Waals surface area contributed by atoms with Crippen molar-refractivity contribution in [3.63, 3.8) is 0 Å². The highest BCUT2D eigenvalue weighted by Gasteiger charge is 2.14. The number of aliphatic hydroxyl groups excluding tert-OH is 2. The molecule has 0 aromatic carbocycles. The first-order valence-corrected chi connectivity index (χ1v) is 3.58. The lowest BCUT2D eigenvalue weighted by Gasteiger charge is -2.17. The second-order valence-corrected chi connectivity index (χ2v) is 2.85. The maximum Gasteiger partial charge on any atom is 0.0885 e. The van der Waals surface area contributed by atoms with Gasteiger partial charge >= 0.3 is 0 Å². The highest BCUT2D eigenvalue weighted by atomic mass is 16.3. The Morgan fingerprint density at radius 1 is 1.50 bits per heavy atom. The molecule has 0 bridgehead atoms. The molecule has 0 aliphatic rings. The molecular weight excluding hydrogens is 128 g/mol. The standard InChI is InChI=1S/C8H16O2/c1-6(2)8(4-5-9)7(3)10/h6,8-10H,3-5H2,1-2H3. The summed E-state index contributed by atoms with van der Waals surface area (Å²) < 4.78 is 0. The van der Waals surface area contributed by atoms with E-state index in [9.17, 15) is 0 Å². The molecule has 0 saturated heterocycles. The van der Waals surface area contributed by atoms with Gasteiger partial charge in [0.05, 0.1) is 5.76 Å². The van der Waals surface area contributed by atoms with Gasteiger partial charge in [-0.1, -0.05) is 20.4 Å². The average Bonchev–Trinajstić information content (AvgIpc) is 1.81. The molecule has 2 N–H and O–H groups in total. The fraction of sp³-hybridized carbons (Fsp3) is 0.750. The zero-order chi connectivity index (χ0) is 8.15. The van der Waals surface area contributed by atoms with E-state index in [1.165, 1.54) is 0 Å². The van der Waals surface area contributed by atoms with Gasteiger partial charge in [-0.3, -0.25) is 0 Å². The number of rotatable bonds is 4. The van der Waals surface area contributed by atoms with Crippen LogP contribution >= 0.6 is 0 Å². The lowest BCUT2D eigenvalue weighted by molar-refractivity contribution is 0.209. The SMILES string of the molecule is C=C(O)C(CCO)C(C)C. The maximum atomic E-state index is 9.01. The van der Waals surface area contributed by atoms with Crippen molar-refractivity contribution in [2.24, 2.45) is 11.8 Å². The van der Waals surface area contributed by atoms with Crippen molar-refractivity contribution < 1.29 is 10.2 Å². The van der Waals surface area contributed by atoms with Crippen LogP contribution in [0.3, 0.4) is 0 Å². The second-order valence-electron chi connectivity index (χ2n) is 2.85. The summed E-state index contributed by atoms with van der Waals surface area (Å²) in [5, 5.41) is 17.6. The smallest absolute Gasteiger partial charge is 0.0885 e. The molecule has 0 heterocycles. The van der Waals surface area contributed by atoms with Crippen LogP contribution in [-0.4, -0.2) is 16.8 Å². The summed E-state index contributed by atoms with van der Waals surface area (Å²) in [6, 6.07) is 0. The Kier molecular flexibility index (Phi) is 4.12. The average molecular weight is 144 g/mol. The van der Waals surface area contributed by atoms with Gasteiger partial charge in [-0.25, -0.2) is 0 Å². The maximum absolute atomic E-state index is 9.01. The van der Waals surface area contributed by atoms with E-state index in [1.54, 1.807) is 0 Å². The third-order valence-corrected chi connectivity index (χ3v) is 1.67. The molecule has 1 unspecified atom stereocenters. The van der Waals surface area contributed by atoms with Gasteiger partial charge < -0.3 is 10.2 Å². The summed E-state index contributed by atoms with van der Waals surface area (Å²) in [5.41, 5.74) is 0. The van der Waals surface area contributed by atoms with Gasteiger partial charge in [0.2, 0.25) is 0 Å². The summed E-state index contributed by atoms with van der Waals surface area (Å²) >= 11 is 0. The molecule has 0 aromatic heterocycles. The van der Waals surface area contributed by atoms with Crippen LogP contribution in [-0.2, 0) is 0 Å². The van der Waals surface area contributed by atoms with Crippen molar-refractivity contribution in [2.75, 3.05) is 6.61 Å². The normalized spacial score (nSPS) is 13.6. The molecule has 10 heavy (non-hydrogen) atoms. The summed E-state index contributed by atoms with van der Waals surface area (Å²) in [6.45, 7) is 7.56. The fourth-order valence-corrected chi connectivity index (χ4v) is 1.02. The quantitative estimate of drug-likeness (QED) is 0.590. The Morgan fingerprint density at radius 3 is 2.10 bits per heavy atom. The minimum Gasteiger partial charge on any atom is -0.513 e. The largest absolute Gasteiger partial charge is 0.513 e. The summed E-state index contributed by atoms with van der Waals surface area (Å²) in [4.78, 5) is 0. The van der Waals surface area contributed by atoms with Crippen molar-refractivity contribution >= 4 is 0 Å². The van der Waals surface area contributed by atoms with Crippen LogP contribution < -0.4 is 0 Å². The lowest BCUT2D eigenvalue weighted by atomic mass is 9.91. The Balaban J connectivity index is 3.85. The van der Waals surface area contributed by atoms with Crippen molar-refractivity contribution in [1.82, 2.24) is 0 Å². The van der Waals surface area contributed by atoms with Crippen LogP contribution in [0.2, 0.25) is 0 Å². The minimum atomic E-state index is 0.0463. The van der Waals surface area contributed by atoms with Crippen LogP contribution in [0, 0.1) is 11.8 Å². The summed E-state index contributed by atoms with van der Waals surface area (Å²) in [5.74, 6) is 0.582. The summed E-state index contributed by atoms with van der Waals surface area (Å²) in [7, 11) is 0. The van der Waals surface area contributed by atoms with E-state index >= 15 is 0 Å². The molecule has 0 spiro atoms. The molecule has 1 atom stereocenters. The third kappa shape index (κ3) is 2.87. The van der Waals surface area contributed by atoms with Crippen LogP contribution in [0.1, 0.15) is 20.3 Å². The molecule has 0 radical (unpaired) electrons. The molecular formula is C8H16O2. The van der Waals surface area contributed by atoms with E-state index < -0.39 is 0 Å². The predicted molar refractivity (Wildman–Crippen MR) is 41.8 cm³/mol. The second kappa shape index (κ2) is 4.34. The topological polar surface area (TPSA) is 40.5 Å². The predicted octanol–water partition coefficient (Wildman–Crippen LogP) is 1.71. The number of aliphatic hydroxyl groups is 2. The van der Waals surface area contributed by atoms with Crippen molar-refractivity contribution in [1.29, 1.82) is 0 Å². The number of allylic oxidation sites excluding steroid dienone is 1. The number of hydrogen-bond donors (Lipinski definition) is 2. The highest BCUT2D eigenvalue weighted by Crippen LogP contribution is 2.20. The molecule has 0 rings (SSSR count). The minimum absolute atomic E-state index is 0.0463. The van der Waals surface area contributed by atoms with Crippen LogP contribution in [0.25, 0.3) is 0 Å². The first kappa shape index (κ1) is 9.50. The van der Waals surface area contributed by atoms with Crippen LogP contribution in [0.15, 0.2) is 12.3 Å². The van der Waals surface area contributed by atoms with Crippen molar-refractivity contribution in [2.45, 2.75) is 20.3 Å². The molecule has 0 saturated carbocycles. The van der Waals surface area contributed by atoms with Gasteiger partial charge in [0.1, 0.15) is 0 Å². The Hall–Kier alpha value is -0.500. The first-order chi connectivity index (χ1) is 4.59. The zero-order valence-electron chi connectivity index (χ0n) is 6.67. The van der Waals surface area contributed by atoms with E-state index in [-0.39, 0.29) is 18.3 Å². The van der Waals surface area contributed by atoms with Gasteiger partial charge in [0.15, 0.2) is 0 Å². The monoisotopic (exact) mass is 144 g/mol. The molecule has 2 heteroatoms. The summed E-state index contributed by atoms with van der Waals surface area (Å²) in [6.07, 6.45) is 0.604. The molecule has 0 amide bonds. The third-order valence-electron chi connectivity index (χ3n) is 1.67. The van der Waals surface area contributed by atoms with Gasteiger partial charge in [-0.2, -0.15) is 0 Å². The molecule has 60 valence electrons. The van der Waals surface area contributed by atoms with Gasteiger partial charge in [-0.05, 0) is 12.3 Å². The van der Waals surface area contributed by atoms with Crippen LogP contribution in [0.5, 0.6) is 0 Å². The highest BCUT2D eigenvalue weighted by molar-refractivity contribution is 4.89. The molecule has 0 aromatic rings. The van der Waals surface area contributed by atoms with Gasteiger partial charge in [0.25, 0.3) is 0 Å². The Morgan fingerprint density at radius 2 is 2.00 bits per heavy atom. The first-order valence-electron chi connectivity index (χ1n) is 3.58. The fourth-order valence-electron chi connectivity index (χ4n) is 1.02. The van der Waals surface area contributed by atoms with E-state index in [0.717, 1.165) is 0 Å². The molecule has 0 fully saturated rings. The van der Waals surface area contributed by atoms with Crippen molar-refractivity contribution in [3.05, 3.63) is 12.3 Å². The Labute approximate surface area is 62.2 Å². The van der Waals surface area contributed by atoms with Gasteiger partial charge in [0, 0.05) is 12.5 Å². The molecule has 2 nitrogen and oxygen atoms in total. The van der Waals surface area contributed by atoms with E-state index in [1.807, 2.05) is 13.8 Å². The van der Waals surface area contributed by atoms with E-state index in [0.29, 0.717) is 12.3 Å². The molecule has 0 aliphatic heterocycles. The van der Waals surface area contributed by atoms with E-state index in [2.05, 4.69) is 6.58 Å². The Bertz CT molecular complexity index is 108. The van der Waals surface area contributed by atoms with E-state index in [4.69, 9.17) is 10.2 Å². The lowest BCUT2D eigenvalue weighted by Crippen LogP contribution is -2.12. The van der Waals surface area contributed by atoms with Gasteiger partial charge in [-0.15, -0.1) is 0 Å². The zero-order valence-corrected chi connectivity index (χ0v) is 6.67. The number of hydrogen-bond acceptors (Lipinski definition) is 2. The molecule has 0 aliphatic carbocycles.